The minimum Gasteiger partial charge on any atom is -0.301 e. The van der Waals surface area contributed by atoms with Crippen LogP contribution >= 0.6 is 11.6 Å². The Balaban J connectivity index is 1.58. The first kappa shape index (κ1) is 22.0. The molecule has 0 aliphatic carbocycles. The van der Waals surface area contributed by atoms with E-state index in [1.165, 1.54) is 11.1 Å². The highest BCUT2D eigenvalue weighted by Crippen LogP contribution is 2.34. The standard InChI is InChI=1S/C25H31ClN4O/c1-4-28-11-13-29(14-12-28)17-25(31)30-24(20-7-9-21(26)10-8-20)16-23(27-30)22-15-18(2)5-6-19(22)3/h5-10,15,24H,4,11-14,16-17H2,1-3H3/t24-/m0/s1. The van der Waals surface area contributed by atoms with Gasteiger partial charge in [0.15, 0.2) is 0 Å². The third-order valence-corrected chi connectivity index (χ3v) is 6.65. The average Bonchev–Trinajstić information content (AvgIpc) is 3.22. The van der Waals surface area contributed by atoms with Crippen molar-refractivity contribution in [3.8, 4) is 0 Å². The van der Waals surface area contributed by atoms with E-state index in [1.807, 2.05) is 24.3 Å². The molecule has 2 heterocycles. The molecule has 2 aliphatic heterocycles. The number of benzene rings is 2. The number of aryl methyl sites for hydroxylation is 2. The predicted molar refractivity (Wildman–Crippen MR) is 127 cm³/mol. The van der Waals surface area contributed by atoms with Crippen molar-refractivity contribution in [3.63, 3.8) is 0 Å². The molecular formula is C25H31ClN4O. The highest BCUT2D eigenvalue weighted by molar-refractivity contribution is 6.30. The number of rotatable bonds is 5. The third-order valence-electron chi connectivity index (χ3n) is 6.40. The Labute approximate surface area is 190 Å². The lowest BCUT2D eigenvalue weighted by atomic mass is 9.95. The summed E-state index contributed by atoms with van der Waals surface area (Å²) in [5, 5.41) is 7.28. The van der Waals surface area contributed by atoms with Gasteiger partial charge in [-0.25, -0.2) is 5.01 Å². The average molecular weight is 439 g/mol. The number of carbonyl (C=O) groups excluding carboxylic acids is 1. The van der Waals surface area contributed by atoms with E-state index in [2.05, 4.69) is 48.8 Å². The van der Waals surface area contributed by atoms with Crippen molar-refractivity contribution >= 4 is 23.2 Å². The first-order valence-electron chi connectivity index (χ1n) is 11.1. The monoisotopic (exact) mass is 438 g/mol. The predicted octanol–water partition coefficient (Wildman–Crippen LogP) is 4.27. The lowest BCUT2D eigenvalue weighted by Crippen LogP contribution is -2.49. The van der Waals surface area contributed by atoms with Gasteiger partial charge in [0, 0.05) is 43.2 Å². The second-order valence-electron chi connectivity index (χ2n) is 8.59. The van der Waals surface area contributed by atoms with E-state index in [0.29, 0.717) is 18.0 Å². The van der Waals surface area contributed by atoms with E-state index < -0.39 is 0 Å². The number of halogens is 1. The van der Waals surface area contributed by atoms with Gasteiger partial charge in [-0.1, -0.05) is 48.4 Å². The second-order valence-corrected chi connectivity index (χ2v) is 9.02. The van der Waals surface area contributed by atoms with Crippen LogP contribution in [0, 0.1) is 13.8 Å². The first-order valence-corrected chi connectivity index (χ1v) is 11.5. The Hall–Kier alpha value is -2.21. The maximum Gasteiger partial charge on any atom is 0.257 e. The SMILES string of the molecule is CCN1CCN(CC(=O)N2N=C(c3cc(C)ccc3C)C[C@H]2c2ccc(Cl)cc2)CC1. The molecule has 1 saturated heterocycles. The summed E-state index contributed by atoms with van der Waals surface area (Å²) < 4.78 is 0. The van der Waals surface area contributed by atoms with Crippen molar-refractivity contribution in [2.45, 2.75) is 33.2 Å². The maximum absolute atomic E-state index is 13.4. The van der Waals surface area contributed by atoms with Crippen LogP contribution in [0.25, 0.3) is 0 Å². The molecule has 0 aromatic heterocycles. The van der Waals surface area contributed by atoms with Gasteiger partial charge in [-0.2, -0.15) is 5.10 Å². The van der Waals surface area contributed by atoms with Crippen molar-refractivity contribution in [2.75, 3.05) is 39.3 Å². The highest BCUT2D eigenvalue weighted by Gasteiger charge is 2.34. The highest BCUT2D eigenvalue weighted by atomic mass is 35.5. The number of nitrogens with zero attached hydrogens (tertiary/aromatic N) is 4. The summed E-state index contributed by atoms with van der Waals surface area (Å²) in [4.78, 5) is 18.1. The number of hydrogen-bond donors (Lipinski definition) is 0. The number of piperazine rings is 1. The van der Waals surface area contributed by atoms with Crippen LogP contribution < -0.4 is 0 Å². The minimum atomic E-state index is -0.100. The van der Waals surface area contributed by atoms with Crippen LogP contribution in [0.3, 0.4) is 0 Å². The molecule has 0 N–H and O–H groups in total. The van der Waals surface area contributed by atoms with Gasteiger partial charge in [0.05, 0.1) is 18.3 Å². The van der Waals surface area contributed by atoms with Crippen molar-refractivity contribution in [2.24, 2.45) is 5.10 Å². The second kappa shape index (κ2) is 9.51. The molecule has 0 bridgehead atoms. The van der Waals surface area contributed by atoms with Gasteiger partial charge in [-0.15, -0.1) is 0 Å². The molecule has 5 nitrogen and oxygen atoms in total. The minimum absolute atomic E-state index is 0.0604. The Bertz CT molecular complexity index is 964. The Morgan fingerprint density at radius 1 is 1.03 bits per heavy atom. The molecule has 2 aromatic carbocycles. The van der Waals surface area contributed by atoms with Crippen molar-refractivity contribution in [1.82, 2.24) is 14.8 Å². The molecule has 1 amide bonds. The van der Waals surface area contributed by atoms with Crippen LogP contribution in [0.15, 0.2) is 47.6 Å². The summed E-state index contributed by atoms with van der Waals surface area (Å²) in [6, 6.07) is 14.1. The molecule has 0 radical (unpaired) electrons. The Morgan fingerprint density at radius 2 is 1.71 bits per heavy atom. The molecule has 2 aromatic rings. The summed E-state index contributed by atoms with van der Waals surface area (Å²) >= 11 is 6.11. The molecule has 164 valence electrons. The summed E-state index contributed by atoms with van der Waals surface area (Å²) in [5.41, 5.74) is 5.56. The van der Waals surface area contributed by atoms with Crippen LogP contribution in [-0.2, 0) is 4.79 Å². The molecule has 0 saturated carbocycles. The van der Waals surface area contributed by atoms with Crippen LogP contribution in [0.2, 0.25) is 5.02 Å². The number of amides is 1. The van der Waals surface area contributed by atoms with Crippen molar-refractivity contribution < 1.29 is 4.79 Å². The molecule has 0 spiro atoms. The van der Waals surface area contributed by atoms with Crippen LogP contribution in [-0.4, -0.2) is 65.7 Å². The smallest absolute Gasteiger partial charge is 0.257 e. The molecular weight excluding hydrogens is 408 g/mol. The lowest BCUT2D eigenvalue weighted by Gasteiger charge is -2.34. The Morgan fingerprint density at radius 3 is 2.39 bits per heavy atom. The fraction of sp³-hybridized carbons (Fsp3) is 0.440. The van der Waals surface area contributed by atoms with Crippen molar-refractivity contribution in [3.05, 3.63) is 69.7 Å². The molecule has 1 fully saturated rings. The molecule has 2 aliphatic rings. The summed E-state index contributed by atoms with van der Waals surface area (Å²) in [5.74, 6) is 0.0604. The fourth-order valence-corrected chi connectivity index (χ4v) is 4.55. The van der Waals surface area contributed by atoms with Gasteiger partial charge < -0.3 is 4.90 Å². The van der Waals surface area contributed by atoms with Crippen molar-refractivity contribution in [1.29, 1.82) is 0 Å². The largest absolute Gasteiger partial charge is 0.301 e. The van der Waals surface area contributed by atoms with E-state index in [9.17, 15) is 4.79 Å². The van der Waals surface area contributed by atoms with Gasteiger partial charge in [0.1, 0.15) is 0 Å². The zero-order chi connectivity index (χ0) is 22.0. The fourth-order valence-electron chi connectivity index (χ4n) is 4.42. The summed E-state index contributed by atoms with van der Waals surface area (Å²) in [7, 11) is 0. The zero-order valence-corrected chi connectivity index (χ0v) is 19.4. The molecule has 0 unspecified atom stereocenters. The quantitative estimate of drug-likeness (QED) is 0.699. The van der Waals surface area contributed by atoms with E-state index in [0.717, 1.165) is 49.6 Å². The third kappa shape index (κ3) is 5.00. The van der Waals surface area contributed by atoms with Crippen LogP contribution in [0.5, 0.6) is 0 Å². The maximum atomic E-state index is 13.4. The summed E-state index contributed by atoms with van der Waals surface area (Å²) in [6.07, 6.45) is 0.710. The van der Waals surface area contributed by atoms with Crippen LogP contribution in [0.4, 0.5) is 0 Å². The Kier molecular flexibility index (Phi) is 6.75. The van der Waals surface area contributed by atoms with Gasteiger partial charge in [-0.05, 0) is 49.7 Å². The van der Waals surface area contributed by atoms with E-state index in [1.54, 1.807) is 5.01 Å². The number of carbonyl (C=O) groups is 1. The number of hydrogen-bond acceptors (Lipinski definition) is 4. The lowest BCUT2D eigenvalue weighted by molar-refractivity contribution is -0.134. The van der Waals surface area contributed by atoms with Gasteiger partial charge in [-0.3, -0.25) is 9.69 Å². The topological polar surface area (TPSA) is 39.1 Å². The van der Waals surface area contributed by atoms with Gasteiger partial charge in [0.25, 0.3) is 5.91 Å². The normalized spacial score (nSPS) is 20.2. The molecule has 31 heavy (non-hydrogen) atoms. The van der Waals surface area contributed by atoms with E-state index in [4.69, 9.17) is 16.7 Å². The van der Waals surface area contributed by atoms with Crippen LogP contribution in [0.1, 0.15) is 41.6 Å². The molecule has 4 rings (SSSR count). The van der Waals surface area contributed by atoms with E-state index in [-0.39, 0.29) is 11.9 Å². The number of hydrazone groups is 1. The van der Waals surface area contributed by atoms with E-state index >= 15 is 0 Å². The number of likely N-dealkylation sites (N-methyl/N-ethyl adjacent to an activating group) is 1. The van der Waals surface area contributed by atoms with Gasteiger partial charge in [0.2, 0.25) is 0 Å². The van der Waals surface area contributed by atoms with Gasteiger partial charge >= 0.3 is 0 Å². The zero-order valence-electron chi connectivity index (χ0n) is 18.6. The first-order chi connectivity index (χ1) is 14.9. The molecule has 1 atom stereocenters. The molecule has 6 heteroatoms. The summed E-state index contributed by atoms with van der Waals surface area (Å²) in [6.45, 7) is 11.7.